The Labute approximate surface area is 225 Å². The average molecular weight is 540 g/mol. The number of piperazine rings is 1. The standard InChI is InChI=1S/C27H27Cl2N5O3/c1-37-21-4-2-3-18(15-21)24-9-10-25(31-30-24)32-11-13-33(14-12-32)26(35)17-34(20-6-7-20)27(36)22-8-5-19(28)16-23(22)29/h2-5,8-10,15-16,20H,6-7,11-14,17H2,1H3. The van der Waals surface area contributed by atoms with Crippen LogP contribution in [0.25, 0.3) is 11.3 Å². The molecule has 0 radical (unpaired) electrons. The van der Waals surface area contributed by atoms with Gasteiger partial charge in [-0.2, -0.15) is 0 Å². The average Bonchev–Trinajstić information content (AvgIpc) is 3.77. The Kier molecular flexibility index (Phi) is 7.48. The van der Waals surface area contributed by atoms with Gasteiger partial charge in [-0.15, -0.1) is 10.2 Å². The molecule has 3 aromatic rings. The summed E-state index contributed by atoms with van der Waals surface area (Å²) in [7, 11) is 1.63. The van der Waals surface area contributed by atoms with E-state index in [0.29, 0.717) is 41.8 Å². The summed E-state index contributed by atoms with van der Waals surface area (Å²) >= 11 is 12.2. The van der Waals surface area contributed by atoms with Crippen LogP contribution in [0.2, 0.25) is 10.0 Å². The molecule has 2 fully saturated rings. The van der Waals surface area contributed by atoms with E-state index in [1.165, 1.54) is 0 Å². The maximum Gasteiger partial charge on any atom is 0.256 e. The highest BCUT2D eigenvalue weighted by atomic mass is 35.5. The van der Waals surface area contributed by atoms with Crippen LogP contribution in [0.4, 0.5) is 5.82 Å². The molecule has 0 unspecified atom stereocenters. The number of carbonyl (C=O) groups excluding carboxylic acids is 2. The number of anilines is 1. The van der Waals surface area contributed by atoms with Gasteiger partial charge in [-0.25, -0.2) is 0 Å². The fourth-order valence-corrected chi connectivity index (χ4v) is 4.92. The molecule has 8 nitrogen and oxygen atoms in total. The van der Waals surface area contributed by atoms with Crippen LogP contribution in [-0.4, -0.2) is 77.7 Å². The molecule has 5 rings (SSSR count). The third kappa shape index (κ3) is 5.81. The first-order chi connectivity index (χ1) is 17.9. The lowest BCUT2D eigenvalue weighted by molar-refractivity contribution is -0.132. The second-order valence-corrected chi connectivity index (χ2v) is 10.0. The lowest BCUT2D eigenvalue weighted by Gasteiger charge is -2.36. The van der Waals surface area contributed by atoms with Gasteiger partial charge in [0.1, 0.15) is 12.3 Å². The van der Waals surface area contributed by atoms with Crippen molar-refractivity contribution in [1.82, 2.24) is 20.0 Å². The van der Waals surface area contributed by atoms with Crippen LogP contribution in [0.5, 0.6) is 5.75 Å². The van der Waals surface area contributed by atoms with E-state index in [4.69, 9.17) is 27.9 Å². The van der Waals surface area contributed by atoms with Gasteiger partial charge < -0.3 is 19.4 Å². The maximum absolute atomic E-state index is 13.2. The van der Waals surface area contributed by atoms with Crippen molar-refractivity contribution in [2.75, 3.05) is 44.7 Å². The second-order valence-electron chi connectivity index (χ2n) is 9.16. The van der Waals surface area contributed by atoms with Crippen LogP contribution < -0.4 is 9.64 Å². The molecule has 1 aliphatic carbocycles. The number of carbonyl (C=O) groups is 2. The summed E-state index contributed by atoms with van der Waals surface area (Å²) in [6.07, 6.45) is 1.78. The lowest BCUT2D eigenvalue weighted by atomic mass is 10.1. The van der Waals surface area contributed by atoms with Crippen LogP contribution >= 0.6 is 23.2 Å². The molecule has 192 valence electrons. The molecule has 1 saturated heterocycles. The third-order valence-corrected chi connectivity index (χ3v) is 7.24. The van der Waals surface area contributed by atoms with Crippen LogP contribution in [0.3, 0.4) is 0 Å². The highest BCUT2D eigenvalue weighted by Crippen LogP contribution is 2.31. The SMILES string of the molecule is COc1cccc(-c2ccc(N3CCN(C(=O)CN(C(=O)c4ccc(Cl)cc4Cl)C4CC4)CC3)nn2)c1. The number of rotatable bonds is 7. The predicted molar refractivity (Wildman–Crippen MR) is 143 cm³/mol. The highest BCUT2D eigenvalue weighted by Gasteiger charge is 2.36. The molecule has 10 heteroatoms. The van der Waals surface area contributed by atoms with Crippen molar-refractivity contribution in [3.63, 3.8) is 0 Å². The fourth-order valence-electron chi connectivity index (χ4n) is 4.43. The Hall–Kier alpha value is -3.36. The van der Waals surface area contributed by atoms with E-state index in [0.717, 1.165) is 35.7 Å². The number of methoxy groups -OCH3 is 1. The molecular formula is C27H27Cl2N5O3. The minimum Gasteiger partial charge on any atom is -0.497 e. The third-order valence-electron chi connectivity index (χ3n) is 6.69. The molecule has 1 saturated carbocycles. The summed E-state index contributed by atoms with van der Waals surface area (Å²) in [5.74, 6) is 1.24. The molecule has 1 aromatic heterocycles. The zero-order chi connectivity index (χ0) is 25.9. The first kappa shape index (κ1) is 25.3. The number of hydrogen-bond donors (Lipinski definition) is 0. The summed E-state index contributed by atoms with van der Waals surface area (Å²) in [5.41, 5.74) is 2.07. The number of halogens is 2. The van der Waals surface area contributed by atoms with Gasteiger partial charge in [-0.3, -0.25) is 9.59 Å². The highest BCUT2D eigenvalue weighted by molar-refractivity contribution is 6.36. The number of ether oxygens (including phenoxy) is 1. The quantitative estimate of drug-likeness (QED) is 0.442. The van der Waals surface area contributed by atoms with Crippen molar-refractivity contribution < 1.29 is 14.3 Å². The lowest BCUT2D eigenvalue weighted by Crippen LogP contribution is -2.52. The van der Waals surface area contributed by atoms with Crippen LogP contribution in [-0.2, 0) is 4.79 Å². The Bertz CT molecular complexity index is 1290. The molecule has 37 heavy (non-hydrogen) atoms. The zero-order valence-corrected chi connectivity index (χ0v) is 22.0. The second kappa shape index (κ2) is 10.9. The van der Waals surface area contributed by atoms with E-state index in [2.05, 4.69) is 15.1 Å². The van der Waals surface area contributed by atoms with Crippen molar-refractivity contribution in [1.29, 1.82) is 0 Å². The summed E-state index contributed by atoms with van der Waals surface area (Å²) in [6, 6.07) is 16.5. The van der Waals surface area contributed by atoms with E-state index in [1.807, 2.05) is 36.4 Å². The van der Waals surface area contributed by atoms with Crippen molar-refractivity contribution in [3.8, 4) is 17.0 Å². The molecule has 0 atom stereocenters. The Morgan fingerprint density at radius 2 is 1.78 bits per heavy atom. The smallest absolute Gasteiger partial charge is 0.256 e. The first-order valence-electron chi connectivity index (χ1n) is 12.2. The molecule has 2 aromatic carbocycles. The van der Waals surface area contributed by atoms with Gasteiger partial charge >= 0.3 is 0 Å². The van der Waals surface area contributed by atoms with E-state index < -0.39 is 0 Å². The predicted octanol–water partition coefficient (Wildman–Crippen LogP) is 4.41. The van der Waals surface area contributed by atoms with E-state index >= 15 is 0 Å². The Morgan fingerprint density at radius 3 is 2.43 bits per heavy atom. The van der Waals surface area contributed by atoms with E-state index in [1.54, 1.807) is 35.1 Å². The number of benzene rings is 2. The van der Waals surface area contributed by atoms with Crippen LogP contribution in [0.15, 0.2) is 54.6 Å². The topological polar surface area (TPSA) is 78.9 Å². The van der Waals surface area contributed by atoms with Gasteiger partial charge in [-0.1, -0.05) is 35.3 Å². The van der Waals surface area contributed by atoms with Gasteiger partial charge in [0.15, 0.2) is 5.82 Å². The normalized spacial score (nSPS) is 15.4. The van der Waals surface area contributed by atoms with Gasteiger partial charge in [-0.05, 0) is 55.3 Å². The molecule has 0 N–H and O–H groups in total. The molecular weight excluding hydrogens is 513 g/mol. The number of hydrogen-bond acceptors (Lipinski definition) is 6. The molecule has 0 bridgehead atoms. The van der Waals surface area contributed by atoms with Gasteiger partial charge in [0.2, 0.25) is 5.91 Å². The Morgan fingerprint density at radius 1 is 1.00 bits per heavy atom. The fraction of sp³-hybridized carbons (Fsp3) is 0.333. The molecule has 0 spiro atoms. The zero-order valence-electron chi connectivity index (χ0n) is 20.4. The monoisotopic (exact) mass is 539 g/mol. The van der Waals surface area contributed by atoms with Crippen LogP contribution in [0, 0.1) is 0 Å². The van der Waals surface area contributed by atoms with Gasteiger partial charge in [0, 0.05) is 42.8 Å². The number of amides is 2. The van der Waals surface area contributed by atoms with Gasteiger partial charge in [0.25, 0.3) is 5.91 Å². The van der Waals surface area contributed by atoms with Crippen molar-refractivity contribution in [2.45, 2.75) is 18.9 Å². The van der Waals surface area contributed by atoms with Crippen LogP contribution in [0.1, 0.15) is 23.2 Å². The van der Waals surface area contributed by atoms with Gasteiger partial charge in [0.05, 0.1) is 23.4 Å². The summed E-state index contributed by atoms with van der Waals surface area (Å²) < 4.78 is 5.29. The van der Waals surface area contributed by atoms with Crippen molar-refractivity contribution in [3.05, 3.63) is 70.2 Å². The molecule has 2 heterocycles. The van der Waals surface area contributed by atoms with Crippen molar-refractivity contribution in [2.24, 2.45) is 0 Å². The number of nitrogens with zero attached hydrogens (tertiary/aromatic N) is 5. The molecule has 2 aliphatic rings. The maximum atomic E-state index is 13.2. The van der Waals surface area contributed by atoms with E-state index in [-0.39, 0.29) is 24.4 Å². The first-order valence-corrected chi connectivity index (χ1v) is 13.0. The van der Waals surface area contributed by atoms with Crippen molar-refractivity contribution >= 4 is 40.8 Å². The summed E-state index contributed by atoms with van der Waals surface area (Å²) in [5, 5.41) is 9.56. The number of aromatic nitrogens is 2. The summed E-state index contributed by atoms with van der Waals surface area (Å²) in [4.78, 5) is 31.9. The minimum atomic E-state index is -0.234. The Balaban J connectivity index is 1.19. The van der Waals surface area contributed by atoms with E-state index in [9.17, 15) is 9.59 Å². The largest absolute Gasteiger partial charge is 0.497 e. The molecule has 2 amide bonds. The summed E-state index contributed by atoms with van der Waals surface area (Å²) in [6.45, 7) is 2.41. The minimum absolute atomic E-state index is 0.0392. The molecule has 1 aliphatic heterocycles.